The minimum atomic E-state index is -0.806. The number of carboxylic acids is 1. The first kappa shape index (κ1) is 13.2. The molecule has 17 heavy (non-hydrogen) atoms. The second-order valence-corrected chi connectivity index (χ2v) is 3.94. The van der Waals surface area contributed by atoms with Crippen molar-refractivity contribution in [1.29, 1.82) is 0 Å². The van der Waals surface area contributed by atoms with E-state index in [9.17, 15) is 4.79 Å². The molecule has 0 spiro atoms. The Morgan fingerprint density at radius 2 is 1.94 bits per heavy atom. The Kier molecular flexibility index (Phi) is 5.21. The average Bonchev–Trinajstić information content (AvgIpc) is 2.28. The number of aryl methyl sites for hydroxylation is 1. The van der Waals surface area contributed by atoms with Crippen LogP contribution < -0.4 is 0 Å². The van der Waals surface area contributed by atoms with Crippen LogP contribution in [0.4, 0.5) is 0 Å². The molecular weight excluding hydrogens is 212 g/mol. The van der Waals surface area contributed by atoms with E-state index in [0.717, 1.165) is 17.5 Å². The number of carboxylic acid groups (broad SMARTS) is 1. The first-order chi connectivity index (χ1) is 8.13. The summed E-state index contributed by atoms with van der Waals surface area (Å²) in [6.07, 6.45) is 8.77. The normalized spacial score (nSPS) is 11.4. The summed E-state index contributed by atoms with van der Waals surface area (Å²) < 4.78 is 0. The SMILES string of the molecule is CC/C=C/c1cc(C)ccc1/C=C/CC(=O)O. The Morgan fingerprint density at radius 3 is 2.59 bits per heavy atom. The Morgan fingerprint density at radius 1 is 1.24 bits per heavy atom. The summed E-state index contributed by atoms with van der Waals surface area (Å²) in [5.74, 6) is -0.806. The summed E-state index contributed by atoms with van der Waals surface area (Å²) in [6, 6.07) is 6.15. The third-order valence-electron chi connectivity index (χ3n) is 2.37. The summed E-state index contributed by atoms with van der Waals surface area (Å²) in [5.41, 5.74) is 3.39. The molecular formula is C15H18O2. The van der Waals surface area contributed by atoms with Gasteiger partial charge in [0.15, 0.2) is 0 Å². The molecule has 0 aliphatic rings. The van der Waals surface area contributed by atoms with Crippen LogP contribution in [0.1, 0.15) is 36.5 Å². The lowest BCUT2D eigenvalue weighted by molar-refractivity contribution is -0.135. The lowest BCUT2D eigenvalue weighted by atomic mass is 10.0. The highest BCUT2D eigenvalue weighted by molar-refractivity contribution is 5.72. The maximum atomic E-state index is 10.4. The van der Waals surface area contributed by atoms with Crippen molar-refractivity contribution in [3.8, 4) is 0 Å². The zero-order chi connectivity index (χ0) is 12.7. The Bertz CT molecular complexity index is 442. The third-order valence-corrected chi connectivity index (χ3v) is 2.37. The van der Waals surface area contributed by atoms with E-state index in [2.05, 4.69) is 25.1 Å². The van der Waals surface area contributed by atoms with Crippen molar-refractivity contribution in [3.05, 3.63) is 47.0 Å². The molecule has 0 saturated heterocycles. The fourth-order valence-corrected chi connectivity index (χ4v) is 1.52. The zero-order valence-electron chi connectivity index (χ0n) is 10.3. The van der Waals surface area contributed by atoms with E-state index in [-0.39, 0.29) is 6.42 Å². The van der Waals surface area contributed by atoms with Gasteiger partial charge < -0.3 is 5.11 Å². The number of aliphatic carboxylic acids is 1. The van der Waals surface area contributed by atoms with Gasteiger partial charge in [0.25, 0.3) is 0 Å². The summed E-state index contributed by atoms with van der Waals surface area (Å²) in [7, 11) is 0. The van der Waals surface area contributed by atoms with Crippen molar-refractivity contribution in [3.63, 3.8) is 0 Å². The maximum Gasteiger partial charge on any atom is 0.307 e. The van der Waals surface area contributed by atoms with E-state index in [1.807, 2.05) is 25.1 Å². The number of allylic oxidation sites excluding steroid dienone is 1. The highest BCUT2D eigenvalue weighted by Gasteiger charge is 1.97. The van der Waals surface area contributed by atoms with E-state index in [1.165, 1.54) is 5.56 Å². The van der Waals surface area contributed by atoms with Gasteiger partial charge in [0.05, 0.1) is 6.42 Å². The fraction of sp³-hybridized carbons (Fsp3) is 0.267. The number of hydrogen-bond acceptors (Lipinski definition) is 1. The van der Waals surface area contributed by atoms with Crippen molar-refractivity contribution in [2.24, 2.45) is 0 Å². The van der Waals surface area contributed by atoms with E-state index in [4.69, 9.17) is 5.11 Å². The first-order valence-electron chi connectivity index (χ1n) is 5.79. The van der Waals surface area contributed by atoms with Crippen LogP contribution >= 0.6 is 0 Å². The molecule has 0 atom stereocenters. The summed E-state index contributed by atoms with van der Waals surface area (Å²) in [5, 5.41) is 8.58. The highest BCUT2D eigenvalue weighted by Crippen LogP contribution is 2.16. The van der Waals surface area contributed by atoms with E-state index in [0.29, 0.717) is 0 Å². The lowest BCUT2D eigenvalue weighted by Crippen LogP contribution is -1.90. The van der Waals surface area contributed by atoms with E-state index in [1.54, 1.807) is 6.08 Å². The Labute approximate surface area is 102 Å². The van der Waals surface area contributed by atoms with Gasteiger partial charge in [0.1, 0.15) is 0 Å². The van der Waals surface area contributed by atoms with Gasteiger partial charge in [-0.15, -0.1) is 0 Å². The van der Waals surface area contributed by atoms with Crippen LogP contribution in [-0.2, 0) is 4.79 Å². The molecule has 0 aromatic heterocycles. The molecule has 0 aliphatic heterocycles. The molecule has 1 aromatic rings. The highest BCUT2D eigenvalue weighted by atomic mass is 16.4. The predicted molar refractivity (Wildman–Crippen MR) is 71.8 cm³/mol. The number of benzene rings is 1. The number of rotatable bonds is 5. The molecule has 0 fully saturated rings. The topological polar surface area (TPSA) is 37.3 Å². The third kappa shape index (κ3) is 4.68. The molecule has 90 valence electrons. The predicted octanol–water partition coefficient (Wildman–Crippen LogP) is 3.91. The smallest absolute Gasteiger partial charge is 0.307 e. The maximum absolute atomic E-state index is 10.4. The minimum absolute atomic E-state index is 0.0603. The molecule has 2 heteroatoms. The fourth-order valence-electron chi connectivity index (χ4n) is 1.52. The van der Waals surface area contributed by atoms with Gasteiger partial charge in [0.2, 0.25) is 0 Å². The Hall–Kier alpha value is -1.83. The van der Waals surface area contributed by atoms with Crippen LogP contribution in [0.5, 0.6) is 0 Å². The summed E-state index contributed by atoms with van der Waals surface area (Å²) in [6.45, 7) is 4.14. The van der Waals surface area contributed by atoms with Gasteiger partial charge in [-0.2, -0.15) is 0 Å². The number of hydrogen-bond donors (Lipinski definition) is 1. The largest absolute Gasteiger partial charge is 0.481 e. The summed E-state index contributed by atoms with van der Waals surface area (Å²) in [4.78, 5) is 10.4. The second kappa shape index (κ2) is 6.69. The molecule has 0 saturated carbocycles. The van der Waals surface area contributed by atoms with Gasteiger partial charge in [-0.3, -0.25) is 4.79 Å². The van der Waals surface area contributed by atoms with Gasteiger partial charge in [-0.25, -0.2) is 0 Å². The molecule has 1 N–H and O–H groups in total. The number of carbonyl (C=O) groups is 1. The van der Waals surface area contributed by atoms with E-state index >= 15 is 0 Å². The van der Waals surface area contributed by atoms with Crippen molar-refractivity contribution < 1.29 is 9.90 Å². The quantitative estimate of drug-likeness (QED) is 0.832. The molecule has 0 unspecified atom stereocenters. The van der Waals surface area contributed by atoms with Gasteiger partial charge in [-0.05, 0) is 24.5 Å². The monoisotopic (exact) mass is 230 g/mol. The van der Waals surface area contributed by atoms with E-state index < -0.39 is 5.97 Å². The van der Waals surface area contributed by atoms with Crippen molar-refractivity contribution in [1.82, 2.24) is 0 Å². The molecule has 0 amide bonds. The molecule has 2 nitrogen and oxygen atoms in total. The van der Waals surface area contributed by atoms with Crippen molar-refractivity contribution >= 4 is 18.1 Å². The van der Waals surface area contributed by atoms with Crippen molar-refractivity contribution in [2.75, 3.05) is 0 Å². The standard InChI is InChI=1S/C15H18O2/c1-3-4-6-14-11-12(2)9-10-13(14)7-5-8-15(16)17/h4-7,9-11H,3,8H2,1-2H3,(H,16,17)/b6-4+,7-5+. The van der Waals surface area contributed by atoms with Crippen LogP contribution in [0, 0.1) is 6.92 Å². The lowest BCUT2D eigenvalue weighted by Gasteiger charge is -2.02. The molecule has 1 rings (SSSR count). The van der Waals surface area contributed by atoms with Crippen LogP contribution in [0.2, 0.25) is 0 Å². The molecule has 1 aromatic carbocycles. The van der Waals surface area contributed by atoms with Gasteiger partial charge in [-0.1, -0.05) is 55.0 Å². The Balaban J connectivity index is 2.93. The van der Waals surface area contributed by atoms with Crippen LogP contribution in [-0.4, -0.2) is 11.1 Å². The summed E-state index contributed by atoms with van der Waals surface area (Å²) >= 11 is 0. The van der Waals surface area contributed by atoms with Crippen LogP contribution in [0.3, 0.4) is 0 Å². The van der Waals surface area contributed by atoms with Crippen molar-refractivity contribution in [2.45, 2.75) is 26.7 Å². The minimum Gasteiger partial charge on any atom is -0.481 e. The van der Waals surface area contributed by atoms with Crippen LogP contribution in [0.25, 0.3) is 12.2 Å². The van der Waals surface area contributed by atoms with Gasteiger partial charge >= 0.3 is 5.97 Å². The van der Waals surface area contributed by atoms with Gasteiger partial charge in [0, 0.05) is 0 Å². The zero-order valence-corrected chi connectivity index (χ0v) is 10.3. The molecule has 0 radical (unpaired) electrons. The average molecular weight is 230 g/mol. The molecule has 0 aliphatic carbocycles. The first-order valence-corrected chi connectivity index (χ1v) is 5.79. The van der Waals surface area contributed by atoms with Crippen LogP contribution in [0.15, 0.2) is 30.4 Å². The molecule has 0 bridgehead atoms. The molecule has 0 heterocycles. The second-order valence-electron chi connectivity index (χ2n) is 3.94.